The molecule has 2 heterocycles. The normalized spacial score (nSPS) is 19.1. The maximum atomic E-state index is 4.37. The Morgan fingerprint density at radius 3 is 3.05 bits per heavy atom. The lowest BCUT2D eigenvalue weighted by atomic mass is 9.85. The average molecular weight is 280 g/mol. The van der Waals surface area contributed by atoms with Crippen LogP contribution in [-0.2, 0) is 6.54 Å². The first-order valence-corrected chi connectivity index (χ1v) is 7.79. The molecule has 0 amide bonds. The lowest BCUT2D eigenvalue weighted by Crippen LogP contribution is -2.30. The topological polar surface area (TPSA) is 16.1 Å². The van der Waals surface area contributed by atoms with Gasteiger partial charge in [-0.3, -0.25) is 0 Å². The fraction of sp³-hybridized carbons (Fsp3) is 0.235. The summed E-state index contributed by atoms with van der Waals surface area (Å²) in [4.78, 5) is 6.78. The van der Waals surface area contributed by atoms with Crippen molar-refractivity contribution in [3.8, 4) is 0 Å². The zero-order valence-corrected chi connectivity index (χ0v) is 12.2. The number of nitrogens with zero attached hydrogens (tertiary/aromatic N) is 2. The van der Waals surface area contributed by atoms with Crippen molar-refractivity contribution >= 4 is 21.6 Å². The molecule has 3 heteroatoms. The summed E-state index contributed by atoms with van der Waals surface area (Å²) >= 11 is 1.72. The molecule has 0 aliphatic carbocycles. The van der Waals surface area contributed by atoms with Crippen LogP contribution in [0.15, 0.2) is 48.0 Å². The predicted molar refractivity (Wildman–Crippen MR) is 84.2 cm³/mol. The highest BCUT2D eigenvalue weighted by Gasteiger charge is 2.24. The van der Waals surface area contributed by atoms with E-state index < -0.39 is 0 Å². The maximum absolute atomic E-state index is 4.37. The first-order valence-electron chi connectivity index (χ1n) is 6.91. The number of benzene rings is 2. The van der Waals surface area contributed by atoms with Crippen molar-refractivity contribution in [2.75, 3.05) is 13.6 Å². The number of hydrogen-bond acceptors (Lipinski definition) is 3. The minimum absolute atomic E-state index is 0.469. The number of rotatable bonds is 1. The van der Waals surface area contributed by atoms with Gasteiger partial charge in [0.15, 0.2) is 0 Å². The molecular formula is C17H16N2S. The Hall–Kier alpha value is -1.71. The van der Waals surface area contributed by atoms with Gasteiger partial charge in [0.2, 0.25) is 0 Å². The van der Waals surface area contributed by atoms with Crippen LogP contribution in [0.2, 0.25) is 0 Å². The molecule has 4 rings (SSSR count). The zero-order chi connectivity index (χ0) is 13.5. The molecule has 1 atom stereocenters. The average Bonchev–Trinajstić information content (AvgIpc) is 2.93. The number of thiazole rings is 1. The minimum atomic E-state index is 0.469. The van der Waals surface area contributed by atoms with Crippen LogP contribution >= 0.6 is 11.3 Å². The van der Waals surface area contributed by atoms with Gasteiger partial charge in [0.05, 0.1) is 15.7 Å². The van der Waals surface area contributed by atoms with Crippen LogP contribution in [0, 0.1) is 0 Å². The van der Waals surface area contributed by atoms with Crippen molar-refractivity contribution in [2.24, 2.45) is 0 Å². The van der Waals surface area contributed by atoms with Crippen molar-refractivity contribution in [2.45, 2.75) is 12.5 Å². The molecule has 2 nitrogen and oxygen atoms in total. The van der Waals surface area contributed by atoms with Crippen LogP contribution in [0.5, 0.6) is 0 Å². The van der Waals surface area contributed by atoms with Gasteiger partial charge in [0, 0.05) is 19.0 Å². The lowest BCUT2D eigenvalue weighted by molar-refractivity contribution is 0.295. The quantitative estimate of drug-likeness (QED) is 0.672. The highest BCUT2D eigenvalue weighted by atomic mass is 32.1. The summed E-state index contributed by atoms with van der Waals surface area (Å²) < 4.78 is 1.29. The molecule has 100 valence electrons. The van der Waals surface area contributed by atoms with Crippen molar-refractivity contribution in [1.82, 2.24) is 9.88 Å². The molecular weight excluding hydrogens is 264 g/mol. The van der Waals surface area contributed by atoms with E-state index in [0.717, 1.165) is 18.6 Å². The first kappa shape index (κ1) is 12.1. The van der Waals surface area contributed by atoms with Gasteiger partial charge < -0.3 is 4.90 Å². The van der Waals surface area contributed by atoms with Gasteiger partial charge in [-0.1, -0.05) is 30.3 Å². The SMILES string of the molecule is CN1Cc2ccccc2C(c2ccc3ncsc3c2)C1. The molecule has 1 unspecified atom stereocenters. The molecule has 1 aliphatic heterocycles. The molecule has 2 aromatic carbocycles. The molecule has 0 bridgehead atoms. The van der Waals surface area contributed by atoms with Gasteiger partial charge in [0.1, 0.15) is 0 Å². The van der Waals surface area contributed by atoms with E-state index in [9.17, 15) is 0 Å². The summed E-state index contributed by atoms with van der Waals surface area (Å²) in [6.45, 7) is 2.14. The molecule has 0 radical (unpaired) electrons. The second-order valence-electron chi connectivity index (χ2n) is 5.53. The van der Waals surface area contributed by atoms with Gasteiger partial charge in [-0.2, -0.15) is 0 Å². The van der Waals surface area contributed by atoms with E-state index in [4.69, 9.17) is 0 Å². The van der Waals surface area contributed by atoms with Crippen molar-refractivity contribution in [3.05, 3.63) is 64.7 Å². The summed E-state index contributed by atoms with van der Waals surface area (Å²) in [6.07, 6.45) is 0. The maximum Gasteiger partial charge on any atom is 0.0812 e. The van der Waals surface area contributed by atoms with Crippen LogP contribution in [-0.4, -0.2) is 23.5 Å². The summed E-state index contributed by atoms with van der Waals surface area (Å²) in [6, 6.07) is 15.5. The van der Waals surface area contributed by atoms with E-state index in [1.165, 1.54) is 21.4 Å². The van der Waals surface area contributed by atoms with Crippen molar-refractivity contribution < 1.29 is 0 Å². The third-order valence-corrected chi connectivity index (χ3v) is 4.91. The Morgan fingerprint density at radius 2 is 2.10 bits per heavy atom. The Labute approximate surface area is 122 Å². The summed E-state index contributed by atoms with van der Waals surface area (Å²) in [5.41, 5.74) is 7.37. The van der Waals surface area contributed by atoms with Gasteiger partial charge >= 0.3 is 0 Å². The molecule has 0 spiro atoms. The van der Waals surface area contributed by atoms with E-state index in [2.05, 4.69) is 59.4 Å². The second kappa shape index (κ2) is 4.69. The number of fused-ring (bicyclic) bond motifs is 2. The lowest BCUT2D eigenvalue weighted by Gasteiger charge is -2.32. The second-order valence-corrected chi connectivity index (χ2v) is 6.41. The van der Waals surface area contributed by atoms with Crippen LogP contribution in [0.1, 0.15) is 22.6 Å². The Balaban J connectivity index is 1.84. The number of hydrogen-bond donors (Lipinski definition) is 0. The van der Waals surface area contributed by atoms with E-state index in [1.54, 1.807) is 11.3 Å². The molecule has 3 aromatic rings. The standard InChI is InChI=1S/C17H16N2S/c1-19-9-13-4-2-3-5-14(13)15(10-19)12-6-7-16-17(8-12)20-11-18-16/h2-8,11,15H,9-10H2,1H3. The van der Waals surface area contributed by atoms with E-state index in [-0.39, 0.29) is 0 Å². The fourth-order valence-electron chi connectivity index (χ4n) is 3.16. The summed E-state index contributed by atoms with van der Waals surface area (Å²) in [5.74, 6) is 0.469. The highest BCUT2D eigenvalue weighted by Crippen LogP contribution is 2.34. The van der Waals surface area contributed by atoms with Gasteiger partial charge in [-0.25, -0.2) is 4.98 Å². The summed E-state index contributed by atoms with van der Waals surface area (Å²) in [5, 5.41) is 0. The van der Waals surface area contributed by atoms with E-state index in [1.807, 2.05) is 5.51 Å². The van der Waals surface area contributed by atoms with E-state index >= 15 is 0 Å². The first-order chi connectivity index (χ1) is 9.81. The minimum Gasteiger partial charge on any atom is -0.301 e. The van der Waals surface area contributed by atoms with Crippen LogP contribution in [0.4, 0.5) is 0 Å². The monoisotopic (exact) mass is 280 g/mol. The molecule has 0 saturated carbocycles. The highest BCUT2D eigenvalue weighted by molar-refractivity contribution is 7.16. The molecule has 0 fully saturated rings. The van der Waals surface area contributed by atoms with Gasteiger partial charge in [-0.15, -0.1) is 11.3 Å². The molecule has 20 heavy (non-hydrogen) atoms. The molecule has 1 aliphatic rings. The van der Waals surface area contributed by atoms with Gasteiger partial charge in [-0.05, 0) is 35.9 Å². The van der Waals surface area contributed by atoms with Gasteiger partial charge in [0.25, 0.3) is 0 Å². The Morgan fingerprint density at radius 1 is 1.20 bits per heavy atom. The van der Waals surface area contributed by atoms with Crippen LogP contribution < -0.4 is 0 Å². The van der Waals surface area contributed by atoms with Crippen LogP contribution in [0.25, 0.3) is 10.2 Å². The predicted octanol–water partition coefficient (Wildman–Crippen LogP) is 3.87. The fourth-order valence-corrected chi connectivity index (χ4v) is 3.88. The smallest absolute Gasteiger partial charge is 0.0812 e. The Kier molecular flexibility index (Phi) is 2.83. The van der Waals surface area contributed by atoms with Crippen molar-refractivity contribution in [3.63, 3.8) is 0 Å². The number of aromatic nitrogens is 1. The van der Waals surface area contributed by atoms with E-state index in [0.29, 0.717) is 5.92 Å². The third kappa shape index (κ3) is 1.94. The Bertz CT molecular complexity index is 762. The van der Waals surface area contributed by atoms with Crippen LogP contribution in [0.3, 0.4) is 0 Å². The molecule has 1 aromatic heterocycles. The van der Waals surface area contributed by atoms with Crippen molar-refractivity contribution in [1.29, 1.82) is 0 Å². The molecule has 0 N–H and O–H groups in total. The third-order valence-electron chi connectivity index (χ3n) is 4.12. The summed E-state index contributed by atoms with van der Waals surface area (Å²) in [7, 11) is 2.20. The zero-order valence-electron chi connectivity index (χ0n) is 11.4. The molecule has 0 saturated heterocycles. The largest absolute Gasteiger partial charge is 0.301 e. The number of likely N-dealkylation sites (N-methyl/N-ethyl adjacent to an activating group) is 1.